The lowest BCUT2D eigenvalue weighted by Gasteiger charge is -2.43. The van der Waals surface area contributed by atoms with Gasteiger partial charge in [-0.3, -0.25) is 9.59 Å². The second kappa shape index (κ2) is 10.0. The Hall–Kier alpha value is -2.73. The van der Waals surface area contributed by atoms with E-state index in [1.54, 1.807) is 26.8 Å². The number of aliphatic hydroxyl groups is 1. The number of alkyl halides is 3. The molecule has 4 heterocycles. The maximum atomic E-state index is 13.7. The molecule has 12 heteroatoms. The average Bonchev–Trinajstić information content (AvgIpc) is 3.55. The van der Waals surface area contributed by atoms with Crippen molar-refractivity contribution < 1.29 is 27.9 Å². The Morgan fingerprint density at radius 1 is 1.18 bits per heavy atom. The number of hydrogen-bond donors (Lipinski definition) is 3. The van der Waals surface area contributed by atoms with Crippen LogP contribution in [0.25, 0.3) is 10.4 Å². The van der Waals surface area contributed by atoms with Crippen LogP contribution in [0.5, 0.6) is 0 Å². The maximum absolute atomic E-state index is 13.7. The molecule has 3 aliphatic rings. The molecule has 0 radical (unpaired) electrons. The molecule has 1 saturated carbocycles. The molecule has 2 amide bonds. The van der Waals surface area contributed by atoms with Gasteiger partial charge in [0.15, 0.2) is 5.01 Å². The zero-order chi connectivity index (χ0) is 28.2. The van der Waals surface area contributed by atoms with Crippen molar-refractivity contribution >= 4 is 29.0 Å². The van der Waals surface area contributed by atoms with Gasteiger partial charge in [0, 0.05) is 36.9 Å². The summed E-state index contributed by atoms with van der Waals surface area (Å²) in [6.45, 7) is 4.72. The van der Waals surface area contributed by atoms with E-state index in [0.29, 0.717) is 28.2 Å². The zero-order valence-corrected chi connectivity index (χ0v) is 23.1. The van der Waals surface area contributed by atoms with Crippen LogP contribution in [0.1, 0.15) is 84.6 Å². The molecule has 2 aromatic rings. The number of carbonyl (C=O) groups is 2. The highest BCUT2D eigenvalue weighted by molar-refractivity contribution is 7.17. The van der Waals surface area contributed by atoms with Gasteiger partial charge in [0.2, 0.25) is 0 Å². The van der Waals surface area contributed by atoms with Gasteiger partial charge in [0.1, 0.15) is 11.5 Å². The van der Waals surface area contributed by atoms with Crippen LogP contribution in [0.2, 0.25) is 0 Å². The number of nitrogens with zero attached hydrogens (tertiary/aromatic N) is 3. The fourth-order valence-electron chi connectivity index (χ4n) is 5.80. The fraction of sp³-hybridized carbons (Fsp3) is 0.630. The summed E-state index contributed by atoms with van der Waals surface area (Å²) in [5, 5.41) is 15.6. The molecule has 3 fully saturated rings. The van der Waals surface area contributed by atoms with Crippen molar-refractivity contribution in [2.24, 2.45) is 5.41 Å². The minimum Gasteiger partial charge on any atom is -0.389 e. The van der Waals surface area contributed by atoms with E-state index in [0.717, 1.165) is 37.0 Å². The second-order valence-corrected chi connectivity index (χ2v) is 12.7. The topological polar surface area (TPSA) is 107 Å². The highest BCUT2D eigenvalue weighted by atomic mass is 32.1. The van der Waals surface area contributed by atoms with Crippen molar-refractivity contribution in [1.29, 1.82) is 0 Å². The van der Waals surface area contributed by atoms with E-state index < -0.39 is 23.1 Å². The summed E-state index contributed by atoms with van der Waals surface area (Å²) in [5.41, 5.74) is -1.35. The number of thiazole rings is 1. The molecule has 0 aromatic carbocycles. The van der Waals surface area contributed by atoms with Crippen LogP contribution in [-0.4, -0.2) is 68.7 Å². The van der Waals surface area contributed by atoms with Crippen LogP contribution >= 0.6 is 11.3 Å². The normalized spacial score (nSPS) is 22.1. The van der Waals surface area contributed by atoms with E-state index in [1.807, 2.05) is 4.90 Å². The van der Waals surface area contributed by atoms with Gasteiger partial charge in [-0.1, -0.05) is 6.42 Å². The summed E-state index contributed by atoms with van der Waals surface area (Å²) in [5.74, 6) is -0.384. The molecule has 212 valence electrons. The number of rotatable bonds is 8. The van der Waals surface area contributed by atoms with Crippen molar-refractivity contribution in [2.45, 2.75) is 89.6 Å². The Bertz CT molecular complexity index is 1250. The molecular weight excluding hydrogens is 531 g/mol. The smallest absolute Gasteiger partial charge is 0.389 e. The van der Waals surface area contributed by atoms with Crippen LogP contribution in [0.15, 0.2) is 12.3 Å². The molecule has 2 bridgehead atoms. The summed E-state index contributed by atoms with van der Waals surface area (Å²) in [6.07, 6.45) is 1.82. The SMILES string of the molecule is Cc1cc(NCC2(C(F)(F)F)CCC2)ncc1-c1sc(C(=O)NCC(C)(C)O)nc1C(=O)N1C2CCC1CC2. The molecule has 2 aromatic heterocycles. The molecule has 2 aliphatic heterocycles. The molecule has 3 N–H and O–H groups in total. The fourth-order valence-corrected chi connectivity index (χ4v) is 6.85. The van der Waals surface area contributed by atoms with Crippen molar-refractivity contribution in [3.8, 4) is 10.4 Å². The largest absolute Gasteiger partial charge is 0.396 e. The van der Waals surface area contributed by atoms with Gasteiger partial charge in [-0.2, -0.15) is 13.2 Å². The first-order valence-corrected chi connectivity index (χ1v) is 14.2. The molecule has 1 aliphatic carbocycles. The lowest BCUT2D eigenvalue weighted by atomic mass is 9.68. The van der Waals surface area contributed by atoms with Gasteiger partial charge in [-0.15, -0.1) is 11.3 Å². The number of halogens is 3. The van der Waals surface area contributed by atoms with Gasteiger partial charge < -0.3 is 20.6 Å². The Labute approximate surface area is 229 Å². The van der Waals surface area contributed by atoms with E-state index in [2.05, 4.69) is 20.6 Å². The van der Waals surface area contributed by atoms with E-state index in [9.17, 15) is 27.9 Å². The van der Waals surface area contributed by atoms with Crippen LogP contribution in [0, 0.1) is 12.3 Å². The van der Waals surface area contributed by atoms with E-state index in [-0.39, 0.29) is 54.6 Å². The predicted octanol–water partition coefficient (Wildman–Crippen LogP) is 4.93. The number of amides is 2. The summed E-state index contributed by atoms with van der Waals surface area (Å²) < 4.78 is 40.7. The van der Waals surface area contributed by atoms with Crippen molar-refractivity contribution in [3.05, 3.63) is 28.5 Å². The molecular formula is C27H34F3N5O3S. The average molecular weight is 566 g/mol. The summed E-state index contributed by atoms with van der Waals surface area (Å²) in [7, 11) is 0. The molecule has 0 spiro atoms. The second-order valence-electron chi connectivity index (χ2n) is 11.7. The summed E-state index contributed by atoms with van der Waals surface area (Å²) >= 11 is 1.07. The third-order valence-corrected chi connectivity index (χ3v) is 9.36. The number of nitrogens with one attached hydrogen (secondary N) is 2. The minimum atomic E-state index is -4.28. The number of carbonyl (C=O) groups excluding carboxylic acids is 2. The van der Waals surface area contributed by atoms with Crippen LogP contribution in [-0.2, 0) is 0 Å². The highest BCUT2D eigenvalue weighted by Crippen LogP contribution is 2.53. The first-order valence-electron chi connectivity index (χ1n) is 13.4. The molecule has 0 unspecified atom stereocenters. The lowest BCUT2D eigenvalue weighted by molar-refractivity contribution is -0.244. The number of fused-ring (bicyclic) bond motifs is 2. The van der Waals surface area contributed by atoms with Crippen molar-refractivity contribution in [3.63, 3.8) is 0 Å². The predicted molar refractivity (Wildman–Crippen MR) is 142 cm³/mol. The summed E-state index contributed by atoms with van der Waals surface area (Å²) in [4.78, 5) is 37.9. The van der Waals surface area contributed by atoms with Crippen molar-refractivity contribution in [1.82, 2.24) is 20.2 Å². The quantitative estimate of drug-likeness (QED) is 0.419. The highest BCUT2D eigenvalue weighted by Gasteiger charge is 2.58. The zero-order valence-electron chi connectivity index (χ0n) is 22.3. The third-order valence-electron chi connectivity index (χ3n) is 8.27. The van der Waals surface area contributed by atoms with Crippen LogP contribution in [0.3, 0.4) is 0 Å². The molecule has 0 atom stereocenters. The summed E-state index contributed by atoms with van der Waals surface area (Å²) in [6, 6.07) is 2.00. The number of hydrogen-bond acceptors (Lipinski definition) is 7. The first-order chi connectivity index (χ1) is 18.3. The Kier molecular flexibility index (Phi) is 7.15. The number of pyridine rings is 1. The molecule has 39 heavy (non-hydrogen) atoms. The van der Waals surface area contributed by atoms with Crippen molar-refractivity contribution in [2.75, 3.05) is 18.4 Å². The monoisotopic (exact) mass is 565 g/mol. The Balaban J connectivity index is 1.43. The van der Waals surface area contributed by atoms with E-state index in [1.165, 1.54) is 6.20 Å². The molecule has 2 saturated heterocycles. The Morgan fingerprint density at radius 3 is 2.33 bits per heavy atom. The molecule has 5 rings (SSSR count). The van der Waals surface area contributed by atoms with Crippen LogP contribution < -0.4 is 10.6 Å². The number of aryl methyl sites for hydroxylation is 1. The van der Waals surface area contributed by atoms with Gasteiger partial charge in [-0.25, -0.2) is 9.97 Å². The standard InChI is InChI=1S/C27H34F3N5O3S/c1-15-11-19(32-14-26(9-4-10-26)27(28,29)30)31-12-18(15)21-20(24(37)35-16-5-6-17(35)8-7-16)34-23(39-21)22(36)33-13-25(2,3)38/h11-12,16-17,38H,4-10,13-14H2,1-3H3,(H,31,32)(H,33,36). The van der Waals surface area contributed by atoms with Gasteiger partial charge >= 0.3 is 6.18 Å². The minimum absolute atomic E-state index is 0.0145. The number of anilines is 1. The lowest BCUT2D eigenvalue weighted by Crippen LogP contribution is -2.48. The first kappa shape index (κ1) is 27.8. The van der Waals surface area contributed by atoms with Gasteiger partial charge in [-0.05, 0) is 70.9 Å². The Morgan fingerprint density at radius 2 is 1.82 bits per heavy atom. The van der Waals surface area contributed by atoms with Crippen LogP contribution in [0.4, 0.5) is 19.0 Å². The third kappa shape index (κ3) is 5.37. The van der Waals surface area contributed by atoms with E-state index >= 15 is 0 Å². The van der Waals surface area contributed by atoms with E-state index in [4.69, 9.17) is 0 Å². The van der Waals surface area contributed by atoms with Gasteiger partial charge in [0.05, 0.1) is 15.9 Å². The molecule has 8 nitrogen and oxygen atoms in total. The number of aromatic nitrogens is 2. The van der Waals surface area contributed by atoms with Gasteiger partial charge in [0.25, 0.3) is 11.8 Å². The maximum Gasteiger partial charge on any atom is 0.396 e.